The molecule has 2 heterocycles. The highest BCUT2D eigenvalue weighted by atomic mass is 19.4. The SMILES string of the molecule is CC1(C)CC(=O)C2=C(C1)OC(=O)C2(NCc1cccnc1)C(F)(F)F. The minimum absolute atomic E-state index is 0.0745. The molecule has 1 aromatic rings. The van der Waals surface area contributed by atoms with Gasteiger partial charge in [-0.1, -0.05) is 19.9 Å². The summed E-state index contributed by atoms with van der Waals surface area (Å²) in [6.07, 6.45) is -2.11. The fourth-order valence-corrected chi connectivity index (χ4v) is 3.32. The largest absolute Gasteiger partial charge is 0.429 e. The average Bonchev–Trinajstić information content (AvgIpc) is 2.77. The number of carbonyl (C=O) groups excluding carboxylic acids is 2. The van der Waals surface area contributed by atoms with Gasteiger partial charge in [0.25, 0.3) is 0 Å². The Morgan fingerprint density at radius 2 is 2.00 bits per heavy atom. The second-order valence-corrected chi connectivity index (χ2v) is 7.09. The topological polar surface area (TPSA) is 68.3 Å². The number of ketones is 1. The van der Waals surface area contributed by atoms with Crippen molar-refractivity contribution in [1.29, 1.82) is 0 Å². The molecule has 25 heavy (non-hydrogen) atoms. The number of alkyl halides is 3. The Morgan fingerprint density at radius 1 is 1.28 bits per heavy atom. The van der Waals surface area contributed by atoms with Crippen molar-refractivity contribution in [2.45, 2.75) is 44.9 Å². The van der Waals surface area contributed by atoms with Crippen LogP contribution in [0.3, 0.4) is 0 Å². The Labute approximate surface area is 142 Å². The maximum atomic E-state index is 13.9. The van der Waals surface area contributed by atoms with E-state index in [1.807, 2.05) is 0 Å². The highest BCUT2D eigenvalue weighted by Gasteiger charge is 2.70. The van der Waals surface area contributed by atoms with Crippen LogP contribution in [0.5, 0.6) is 0 Å². The van der Waals surface area contributed by atoms with Gasteiger partial charge < -0.3 is 4.74 Å². The van der Waals surface area contributed by atoms with E-state index in [4.69, 9.17) is 4.74 Å². The molecule has 0 bridgehead atoms. The van der Waals surface area contributed by atoms with Crippen LogP contribution in [-0.4, -0.2) is 28.5 Å². The third-order valence-corrected chi connectivity index (χ3v) is 4.44. The number of hydrogen-bond acceptors (Lipinski definition) is 5. The van der Waals surface area contributed by atoms with Crippen LogP contribution in [0.1, 0.15) is 32.3 Å². The Hall–Kier alpha value is -2.22. The van der Waals surface area contributed by atoms with Crippen LogP contribution in [0.4, 0.5) is 13.2 Å². The van der Waals surface area contributed by atoms with Gasteiger partial charge in [-0.15, -0.1) is 0 Å². The van der Waals surface area contributed by atoms with Gasteiger partial charge in [0.2, 0.25) is 5.54 Å². The summed E-state index contributed by atoms with van der Waals surface area (Å²) in [6, 6.07) is 3.15. The molecule has 0 saturated heterocycles. The van der Waals surface area contributed by atoms with E-state index in [2.05, 4.69) is 10.3 Å². The Kier molecular flexibility index (Phi) is 3.98. The molecule has 5 nitrogen and oxygen atoms in total. The molecule has 0 amide bonds. The van der Waals surface area contributed by atoms with Gasteiger partial charge in [0.1, 0.15) is 5.76 Å². The summed E-state index contributed by atoms with van der Waals surface area (Å²) in [7, 11) is 0. The van der Waals surface area contributed by atoms with Gasteiger partial charge in [-0.05, 0) is 17.0 Å². The summed E-state index contributed by atoms with van der Waals surface area (Å²) in [5, 5.41) is 2.24. The molecule has 1 aromatic heterocycles. The lowest BCUT2D eigenvalue weighted by Gasteiger charge is -2.34. The lowest BCUT2D eigenvalue weighted by atomic mass is 9.72. The van der Waals surface area contributed by atoms with Crippen LogP contribution in [-0.2, 0) is 20.9 Å². The van der Waals surface area contributed by atoms with Crippen LogP contribution >= 0.6 is 0 Å². The maximum absolute atomic E-state index is 13.9. The third kappa shape index (κ3) is 2.84. The number of ether oxygens (including phenoxy) is 1. The highest BCUT2D eigenvalue weighted by molar-refractivity contribution is 6.09. The van der Waals surface area contributed by atoms with Crippen LogP contribution < -0.4 is 5.32 Å². The zero-order valence-corrected chi connectivity index (χ0v) is 13.7. The zero-order chi connectivity index (χ0) is 18.5. The molecule has 0 spiro atoms. The van der Waals surface area contributed by atoms with Crippen molar-refractivity contribution in [3.8, 4) is 0 Å². The van der Waals surface area contributed by atoms with Gasteiger partial charge in [-0.3, -0.25) is 15.1 Å². The first-order valence-corrected chi connectivity index (χ1v) is 7.77. The fourth-order valence-electron chi connectivity index (χ4n) is 3.32. The molecule has 0 fully saturated rings. The summed E-state index contributed by atoms with van der Waals surface area (Å²) in [5.41, 5.74) is -3.84. The molecule has 1 N–H and O–H groups in total. The molecule has 2 aliphatic rings. The molecule has 1 aliphatic carbocycles. The van der Waals surface area contributed by atoms with Crippen molar-refractivity contribution >= 4 is 11.8 Å². The van der Waals surface area contributed by atoms with Crippen LogP contribution in [0.25, 0.3) is 0 Å². The molecule has 0 radical (unpaired) electrons. The number of nitrogens with zero attached hydrogens (tertiary/aromatic N) is 1. The summed E-state index contributed by atoms with van der Waals surface area (Å²) in [6.45, 7) is 3.22. The second kappa shape index (κ2) is 5.66. The molecule has 1 atom stereocenters. The number of Topliss-reactive ketones (excluding diaryl/α,β-unsaturated/α-hetero) is 1. The predicted molar refractivity (Wildman–Crippen MR) is 81.0 cm³/mol. The molecule has 3 rings (SSSR count). The van der Waals surface area contributed by atoms with E-state index >= 15 is 0 Å². The van der Waals surface area contributed by atoms with Gasteiger partial charge in [0.15, 0.2) is 5.78 Å². The van der Waals surface area contributed by atoms with Crippen molar-refractivity contribution in [1.82, 2.24) is 10.3 Å². The molecular formula is C17H17F3N2O3. The van der Waals surface area contributed by atoms with E-state index in [9.17, 15) is 22.8 Å². The van der Waals surface area contributed by atoms with Crippen molar-refractivity contribution in [3.05, 3.63) is 41.4 Å². The number of allylic oxidation sites excluding steroid dienone is 1. The second-order valence-electron chi connectivity index (χ2n) is 7.09. The molecule has 134 valence electrons. The molecule has 0 saturated carbocycles. The van der Waals surface area contributed by atoms with Crippen molar-refractivity contribution < 1.29 is 27.5 Å². The number of carbonyl (C=O) groups is 2. The predicted octanol–water partition coefficient (Wildman–Crippen LogP) is 2.67. The summed E-state index contributed by atoms with van der Waals surface area (Å²) >= 11 is 0. The molecule has 0 aromatic carbocycles. The minimum atomic E-state index is -5.01. The third-order valence-electron chi connectivity index (χ3n) is 4.44. The van der Waals surface area contributed by atoms with E-state index in [0.29, 0.717) is 5.56 Å². The maximum Gasteiger partial charge on any atom is 0.422 e. The zero-order valence-electron chi connectivity index (χ0n) is 13.7. The number of pyridine rings is 1. The van der Waals surface area contributed by atoms with Crippen molar-refractivity contribution in [2.75, 3.05) is 0 Å². The summed E-state index contributed by atoms with van der Waals surface area (Å²) in [5.74, 6) is -2.39. The van der Waals surface area contributed by atoms with Crippen LogP contribution in [0, 0.1) is 5.41 Å². The van der Waals surface area contributed by atoms with Gasteiger partial charge in [0, 0.05) is 31.8 Å². The lowest BCUT2D eigenvalue weighted by molar-refractivity contribution is -0.197. The molecule has 8 heteroatoms. The van der Waals surface area contributed by atoms with Gasteiger partial charge in [0.05, 0.1) is 5.57 Å². The summed E-state index contributed by atoms with van der Waals surface area (Å²) in [4.78, 5) is 28.6. The fraction of sp³-hybridized carbons (Fsp3) is 0.471. The van der Waals surface area contributed by atoms with Gasteiger partial charge in [-0.25, -0.2) is 4.79 Å². The number of rotatable bonds is 3. The van der Waals surface area contributed by atoms with Crippen LogP contribution in [0.15, 0.2) is 35.9 Å². The number of hydrogen-bond donors (Lipinski definition) is 1. The minimum Gasteiger partial charge on any atom is -0.429 e. The first kappa shape index (κ1) is 17.6. The standard InChI is InChI=1S/C17H17F3N2O3/c1-15(2)6-11(23)13-12(7-15)25-14(24)16(13,17(18,19)20)22-9-10-4-3-5-21-8-10/h3-5,8,22H,6-7,9H2,1-2H3. The average molecular weight is 354 g/mol. The quantitative estimate of drug-likeness (QED) is 0.846. The Balaban J connectivity index is 2.04. The van der Waals surface area contributed by atoms with Crippen LogP contribution in [0.2, 0.25) is 0 Å². The van der Waals surface area contributed by atoms with E-state index < -0.39 is 34.5 Å². The Morgan fingerprint density at radius 3 is 2.60 bits per heavy atom. The first-order valence-electron chi connectivity index (χ1n) is 7.77. The van der Waals surface area contributed by atoms with E-state index in [-0.39, 0.29) is 25.1 Å². The number of aromatic nitrogens is 1. The molecular weight excluding hydrogens is 337 g/mol. The molecule has 1 aliphatic heterocycles. The number of nitrogens with one attached hydrogen (secondary N) is 1. The highest BCUT2D eigenvalue weighted by Crippen LogP contribution is 2.50. The number of esters is 1. The van der Waals surface area contributed by atoms with E-state index in [1.165, 1.54) is 12.4 Å². The lowest BCUT2D eigenvalue weighted by Crippen LogP contribution is -2.63. The van der Waals surface area contributed by atoms with Crippen molar-refractivity contribution in [2.24, 2.45) is 5.41 Å². The molecule has 1 unspecified atom stereocenters. The first-order chi connectivity index (χ1) is 11.6. The van der Waals surface area contributed by atoms with Gasteiger partial charge >= 0.3 is 12.1 Å². The normalized spacial score (nSPS) is 25.8. The number of halogens is 3. The van der Waals surface area contributed by atoms with Crippen molar-refractivity contribution in [3.63, 3.8) is 0 Å². The monoisotopic (exact) mass is 354 g/mol. The van der Waals surface area contributed by atoms with Gasteiger partial charge in [-0.2, -0.15) is 13.2 Å². The smallest absolute Gasteiger partial charge is 0.422 e. The van der Waals surface area contributed by atoms with E-state index in [1.54, 1.807) is 26.0 Å². The Bertz CT molecular complexity index is 756. The summed E-state index contributed by atoms with van der Waals surface area (Å²) < 4.78 is 46.7. The van der Waals surface area contributed by atoms with E-state index in [0.717, 1.165) is 0 Å².